The molecule has 0 saturated carbocycles. The maximum absolute atomic E-state index is 12.7. The third-order valence-corrected chi connectivity index (χ3v) is 4.58. The van der Waals surface area contributed by atoms with Crippen molar-refractivity contribution in [3.8, 4) is 16.9 Å². The minimum Gasteiger partial charge on any atom is -0.465 e. The fourth-order valence-electron chi connectivity index (χ4n) is 3.11. The number of hydrogen-bond acceptors (Lipinski definition) is 3. The second-order valence-corrected chi connectivity index (χ2v) is 7.09. The van der Waals surface area contributed by atoms with Crippen LogP contribution < -0.4 is 10.4 Å². The second-order valence-electron chi connectivity index (χ2n) is 7.09. The average molecular weight is 348 g/mol. The van der Waals surface area contributed by atoms with Gasteiger partial charge in [-0.25, -0.2) is 4.79 Å². The Hall–Kier alpha value is -2.81. The van der Waals surface area contributed by atoms with Gasteiger partial charge in [-0.1, -0.05) is 52.5 Å². The highest BCUT2D eigenvalue weighted by atomic mass is 16.5. The molecule has 0 N–H and O–H groups in total. The van der Waals surface area contributed by atoms with E-state index in [-0.39, 0.29) is 5.63 Å². The molecule has 2 aromatic carbocycles. The monoisotopic (exact) mass is 348 g/mol. The van der Waals surface area contributed by atoms with Gasteiger partial charge in [0.15, 0.2) is 0 Å². The predicted octanol–water partition coefficient (Wildman–Crippen LogP) is 6.23. The Morgan fingerprint density at radius 3 is 2.38 bits per heavy atom. The minimum absolute atomic E-state index is 0.308. The van der Waals surface area contributed by atoms with Crippen LogP contribution in [-0.4, -0.2) is 0 Å². The van der Waals surface area contributed by atoms with Crippen LogP contribution >= 0.6 is 0 Å². The van der Waals surface area contributed by atoms with E-state index in [9.17, 15) is 4.79 Å². The summed E-state index contributed by atoms with van der Waals surface area (Å²) < 4.78 is 10.8. The number of benzene rings is 2. The lowest BCUT2D eigenvalue weighted by Crippen LogP contribution is -2.06. The van der Waals surface area contributed by atoms with E-state index in [1.807, 2.05) is 24.3 Å². The third kappa shape index (κ3) is 3.43. The second kappa shape index (κ2) is 7.20. The molecule has 0 spiro atoms. The third-order valence-electron chi connectivity index (χ3n) is 4.58. The summed E-state index contributed by atoms with van der Waals surface area (Å²) in [4.78, 5) is 12.7. The van der Waals surface area contributed by atoms with E-state index in [1.165, 1.54) is 11.8 Å². The van der Waals surface area contributed by atoms with E-state index in [4.69, 9.17) is 9.15 Å². The van der Waals surface area contributed by atoms with Crippen LogP contribution in [-0.2, 0) is 0 Å². The van der Waals surface area contributed by atoms with E-state index < -0.39 is 0 Å². The van der Waals surface area contributed by atoms with E-state index >= 15 is 0 Å². The largest absolute Gasteiger partial charge is 0.465 e. The molecular weight excluding hydrogens is 324 g/mol. The van der Waals surface area contributed by atoms with Gasteiger partial charge in [0.1, 0.15) is 11.3 Å². The number of ether oxygens (including phenoxy) is 1. The van der Waals surface area contributed by atoms with Gasteiger partial charge in [-0.3, -0.25) is 0 Å². The van der Waals surface area contributed by atoms with Gasteiger partial charge in [0.2, 0.25) is 0 Å². The smallest absolute Gasteiger partial charge is 0.344 e. The van der Waals surface area contributed by atoms with Crippen LogP contribution in [0.4, 0.5) is 0 Å². The van der Waals surface area contributed by atoms with Crippen molar-refractivity contribution in [3.63, 3.8) is 0 Å². The molecule has 0 saturated heterocycles. The Morgan fingerprint density at radius 2 is 1.73 bits per heavy atom. The molecule has 1 aromatic heterocycles. The van der Waals surface area contributed by atoms with E-state index in [0.717, 1.165) is 16.5 Å². The number of hydrogen-bond donors (Lipinski definition) is 0. The summed E-state index contributed by atoms with van der Waals surface area (Å²) in [6.07, 6.45) is 1.35. The topological polar surface area (TPSA) is 39.4 Å². The molecule has 0 fully saturated rings. The first-order valence-electron chi connectivity index (χ1n) is 8.90. The van der Waals surface area contributed by atoms with Crippen LogP contribution in [0.5, 0.6) is 5.75 Å². The molecule has 3 rings (SSSR count). The molecule has 3 nitrogen and oxygen atoms in total. The van der Waals surface area contributed by atoms with Gasteiger partial charge in [0, 0.05) is 11.5 Å². The van der Waals surface area contributed by atoms with Crippen LogP contribution in [0.15, 0.2) is 64.5 Å². The molecule has 0 radical (unpaired) electrons. The fourth-order valence-corrected chi connectivity index (χ4v) is 3.11. The van der Waals surface area contributed by atoms with Crippen molar-refractivity contribution in [2.45, 2.75) is 39.5 Å². The van der Waals surface area contributed by atoms with Gasteiger partial charge in [-0.2, -0.15) is 0 Å². The molecule has 3 heteroatoms. The van der Waals surface area contributed by atoms with Gasteiger partial charge in [0.25, 0.3) is 0 Å². The van der Waals surface area contributed by atoms with Crippen LogP contribution in [0.3, 0.4) is 0 Å². The molecule has 0 atom stereocenters. The van der Waals surface area contributed by atoms with Gasteiger partial charge < -0.3 is 9.15 Å². The number of rotatable bonds is 5. The normalized spacial score (nSPS) is 11.3. The van der Waals surface area contributed by atoms with Gasteiger partial charge >= 0.3 is 5.63 Å². The van der Waals surface area contributed by atoms with Gasteiger partial charge in [-0.05, 0) is 46.7 Å². The van der Waals surface area contributed by atoms with E-state index in [2.05, 4.69) is 46.4 Å². The molecule has 0 amide bonds. The summed E-state index contributed by atoms with van der Waals surface area (Å²) >= 11 is 0. The Morgan fingerprint density at radius 1 is 0.962 bits per heavy atom. The zero-order valence-corrected chi connectivity index (χ0v) is 15.7. The quantitative estimate of drug-likeness (QED) is 0.405. The highest BCUT2D eigenvalue weighted by Gasteiger charge is 2.15. The predicted molar refractivity (Wildman–Crippen MR) is 107 cm³/mol. The molecule has 0 aliphatic carbocycles. The lowest BCUT2D eigenvalue weighted by atomic mass is 9.89. The molecule has 0 aliphatic rings. The van der Waals surface area contributed by atoms with E-state index in [0.29, 0.717) is 28.7 Å². The minimum atomic E-state index is -0.340. The maximum atomic E-state index is 12.7. The average Bonchev–Trinajstić information content (AvgIpc) is 2.60. The molecule has 0 unspecified atom stereocenters. The lowest BCUT2D eigenvalue weighted by Gasteiger charge is -2.16. The van der Waals surface area contributed by atoms with Crippen molar-refractivity contribution in [1.82, 2.24) is 0 Å². The van der Waals surface area contributed by atoms with E-state index in [1.54, 1.807) is 6.07 Å². The van der Waals surface area contributed by atoms with Crippen molar-refractivity contribution in [1.29, 1.82) is 0 Å². The SMILES string of the molecule is C=COc1ccc2cc(-c3ccc(C(C)C)cc3C(C)C)c(=O)oc2c1. The van der Waals surface area contributed by atoms with Crippen molar-refractivity contribution < 1.29 is 9.15 Å². The first kappa shape index (κ1) is 18.0. The molecule has 0 bridgehead atoms. The molecule has 134 valence electrons. The summed E-state index contributed by atoms with van der Waals surface area (Å²) in [6, 6.07) is 13.7. The van der Waals surface area contributed by atoms with Gasteiger partial charge in [-0.15, -0.1) is 0 Å². The summed E-state index contributed by atoms with van der Waals surface area (Å²) in [5.74, 6) is 1.34. The zero-order valence-electron chi connectivity index (χ0n) is 15.7. The lowest BCUT2D eigenvalue weighted by molar-refractivity contribution is 0.481. The van der Waals surface area contributed by atoms with Crippen molar-refractivity contribution in [2.24, 2.45) is 0 Å². The highest BCUT2D eigenvalue weighted by molar-refractivity contribution is 5.83. The summed E-state index contributed by atoms with van der Waals surface area (Å²) in [5, 5.41) is 0.860. The fraction of sp³-hybridized carbons (Fsp3) is 0.261. The Labute approximate surface area is 153 Å². The van der Waals surface area contributed by atoms with Crippen molar-refractivity contribution in [3.05, 3.63) is 76.9 Å². The Balaban J connectivity index is 2.19. The van der Waals surface area contributed by atoms with Crippen molar-refractivity contribution in [2.75, 3.05) is 0 Å². The highest BCUT2D eigenvalue weighted by Crippen LogP contribution is 2.32. The first-order valence-corrected chi connectivity index (χ1v) is 8.90. The first-order chi connectivity index (χ1) is 12.4. The van der Waals surface area contributed by atoms with Crippen LogP contribution in [0.2, 0.25) is 0 Å². The van der Waals surface area contributed by atoms with Crippen LogP contribution in [0.25, 0.3) is 22.1 Å². The summed E-state index contributed by atoms with van der Waals surface area (Å²) in [7, 11) is 0. The molecular formula is C23H24O3. The molecule has 1 heterocycles. The maximum Gasteiger partial charge on any atom is 0.344 e. The Kier molecular flexibility index (Phi) is 4.99. The number of fused-ring (bicyclic) bond motifs is 1. The molecule has 0 aliphatic heterocycles. The Bertz CT molecular complexity index is 1010. The summed E-state index contributed by atoms with van der Waals surface area (Å²) in [6.45, 7) is 12.2. The van der Waals surface area contributed by atoms with Crippen LogP contribution in [0.1, 0.15) is 50.7 Å². The molecule has 3 aromatic rings. The summed E-state index contributed by atoms with van der Waals surface area (Å²) in [5.41, 5.74) is 4.12. The zero-order chi connectivity index (χ0) is 18.8. The van der Waals surface area contributed by atoms with Crippen LogP contribution in [0, 0.1) is 0 Å². The standard InChI is InChI=1S/C23H24O3/c1-6-25-18-9-7-17-12-21(23(24)26-22(17)13-18)19-10-8-16(14(2)3)11-20(19)15(4)5/h6-15H,1H2,2-5H3. The van der Waals surface area contributed by atoms with Crippen molar-refractivity contribution >= 4 is 11.0 Å². The van der Waals surface area contributed by atoms with Gasteiger partial charge in [0.05, 0.1) is 11.8 Å². The molecule has 26 heavy (non-hydrogen) atoms.